The molecular weight excluding hydrogens is 344 g/mol. The van der Waals surface area contributed by atoms with E-state index in [1.807, 2.05) is 18.2 Å². The van der Waals surface area contributed by atoms with Gasteiger partial charge >= 0.3 is 5.97 Å². The predicted octanol–water partition coefficient (Wildman–Crippen LogP) is 3.69. The van der Waals surface area contributed by atoms with Gasteiger partial charge in [-0.1, -0.05) is 24.3 Å². The molecule has 0 unspecified atom stereocenters. The Morgan fingerprint density at radius 1 is 1.04 bits per heavy atom. The minimum Gasteiger partial charge on any atom is -0.494 e. The minimum atomic E-state index is -1.18. The third-order valence-electron chi connectivity index (χ3n) is 3.43. The van der Waals surface area contributed by atoms with Crippen LogP contribution in [0.1, 0.15) is 19.8 Å². The predicted molar refractivity (Wildman–Crippen MR) is 91.7 cm³/mol. The summed E-state index contributed by atoms with van der Waals surface area (Å²) in [7, 11) is 0. The van der Waals surface area contributed by atoms with E-state index in [0.29, 0.717) is 18.8 Å². The van der Waals surface area contributed by atoms with E-state index < -0.39 is 35.3 Å². The zero-order chi connectivity index (χ0) is 18.9. The molecule has 2 aromatic carbocycles. The first kappa shape index (κ1) is 19.4. The van der Waals surface area contributed by atoms with Gasteiger partial charge < -0.3 is 14.8 Å². The Kier molecular flexibility index (Phi) is 7.08. The van der Waals surface area contributed by atoms with E-state index in [4.69, 9.17) is 9.47 Å². The van der Waals surface area contributed by atoms with Gasteiger partial charge in [-0.05, 0) is 37.6 Å². The Morgan fingerprint density at radius 3 is 2.35 bits per heavy atom. The van der Waals surface area contributed by atoms with Gasteiger partial charge in [0.15, 0.2) is 6.10 Å². The summed E-state index contributed by atoms with van der Waals surface area (Å²) in [6.07, 6.45) is -0.723. The molecule has 0 aliphatic heterocycles. The van der Waals surface area contributed by atoms with E-state index in [-0.39, 0.29) is 6.42 Å². The second kappa shape index (κ2) is 9.50. The van der Waals surface area contributed by atoms with E-state index in [0.717, 1.165) is 12.1 Å². The van der Waals surface area contributed by atoms with Crippen LogP contribution in [0.25, 0.3) is 0 Å². The van der Waals surface area contributed by atoms with E-state index in [1.165, 1.54) is 13.0 Å². The van der Waals surface area contributed by atoms with Crippen molar-refractivity contribution in [3.8, 4) is 5.75 Å². The van der Waals surface area contributed by atoms with Gasteiger partial charge in [0.1, 0.15) is 23.1 Å². The molecule has 0 aliphatic rings. The lowest BCUT2D eigenvalue weighted by Gasteiger charge is -2.14. The molecule has 0 radical (unpaired) electrons. The second-order valence-corrected chi connectivity index (χ2v) is 5.48. The van der Waals surface area contributed by atoms with Gasteiger partial charge in [0, 0.05) is 6.42 Å². The largest absolute Gasteiger partial charge is 0.494 e. The average Bonchev–Trinajstić information content (AvgIpc) is 2.62. The quantitative estimate of drug-likeness (QED) is 0.574. The Hall–Kier alpha value is -2.96. The number of carbonyl (C=O) groups excluding carboxylic acids is 2. The number of hydrogen-bond acceptors (Lipinski definition) is 4. The van der Waals surface area contributed by atoms with Crippen molar-refractivity contribution in [2.75, 3.05) is 11.9 Å². The van der Waals surface area contributed by atoms with Crippen LogP contribution in [0, 0.1) is 11.6 Å². The Balaban J connectivity index is 1.73. The Morgan fingerprint density at radius 2 is 1.69 bits per heavy atom. The summed E-state index contributed by atoms with van der Waals surface area (Å²) in [6, 6.07) is 12.3. The second-order valence-electron chi connectivity index (χ2n) is 5.48. The highest BCUT2D eigenvalue weighted by atomic mass is 19.1. The zero-order valence-corrected chi connectivity index (χ0v) is 14.2. The summed E-state index contributed by atoms with van der Waals surface area (Å²) < 4.78 is 37.4. The standard InChI is InChI=1S/C19H19F2NO4/c1-13(19(24)22-18-15(20)9-5-10-16(18)21)26-17(23)11-6-12-25-14-7-3-2-4-8-14/h2-5,7-10,13H,6,11-12H2,1H3,(H,22,24)/t13-/m0/s1. The fourth-order valence-corrected chi connectivity index (χ4v) is 2.07. The molecule has 0 fully saturated rings. The molecule has 0 heterocycles. The SMILES string of the molecule is C[C@H](OC(=O)CCCOc1ccccc1)C(=O)Nc1c(F)cccc1F. The van der Waals surface area contributed by atoms with E-state index in [2.05, 4.69) is 5.32 Å². The zero-order valence-electron chi connectivity index (χ0n) is 14.2. The maximum Gasteiger partial charge on any atom is 0.306 e. The molecule has 1 atom stereocenters. The third kappa shape index (κ3) is 5.84. The molecule has 26 heavy (non-hydrogen) atoms. The van der Waals surface area contributed by atoms with Crippen molar-refractivity contribution < 1.29 is 27.8 Å². The fraction of sp³-hybridized carbons (Fsp3) is 0.263. The van der Waals surface area contributed by atoms with Gasteiger partial charge in [0.2, 0.25) is 0 Å². The summed E-state index contributed by atoms with van der Waals surface area (Å²) in [6.45, 7) is 1.65. The number of halogens is 2. The number of anilines is 1. The van der Waals surface area contributed by atoms with Crippen molar-refractivity contribution in [3.63, 3.8) is 0 Å². The van der Waals surface area contributed by atoms with E-state index >= 15 is 0 Å². The number of ether oxygens (including phenoxy) is 2. The first-order valence-corrected chi connectivity index (χ1v) is 8.09. The fourth-order valence-electron chi connectivity index (χ4n) is 2.07. The van der Waals surface area contributed by atoms with Crippen LogP contribution in [0.3, 0.4) is 0 Å². The number of hydrogen-bond donors (Lipinski definition) is 1. The molecule has 138 valence electrons. The van der Waals surface area contributed by atoms with Crippen molar-refractivity contribution in [2.24, 2.45) is 0 Å². The summed E-state index contributed by atoms with van der Waals surface area (Å²) in [5.41, 5.74) is -0.573. The lowest BCUT2D eigenvalue weighted by Crippen LogP contribution is -2.30. The Bertz CT molecular complexity index is 732. The van der Waals surface area contributed by atoms with Crippen LogP contribution < -0.4 is 10.1 Å². The molecule has 0 saturated carbocycles. The molecule has 5 nitrogen and oxygen atoms in total. The molecule has 2 aromatic rings. The van der Waals surface area contributed by atoms with Crippen LogP contribution in [0.15, 0.2) is 48.5 Å². The van der Waals surface area contributed by atoms with Crippen molar-refractivity contribution in [2.45, 2.75) is 25.9 Å². The number of rotatable bonds is 8. The minimum absolute atomic E-state index is 0.0541. The number of amides is 1. The van der Waals surface area contributed by atoms with Gasteiger partial charge in [0.05, 0.1) is 6.61 Å². The number of carbonyl (C=O) groups is 2. The Labute approximate surface area is 149 Å². The maximum absolute atomic E-state index is 13.5. The van der Waals surface area contributed by atoms with Crippen molar-refractivity contribution in [1.29, 1.82) is 0 Å². The van der Waals surface area contributed by atoms with Crippen LogP contribution in [0.2, 0.25) is 0 Å². The van der Waals surface area contributed by atoms with Crippen LogP contribution >= 0.6 is 0 Å². The summed E-state index contributed by atoms with van der Waals surface area (Å²) in [4.78, 5) is 23.7. The molecule has 1 N–H and O–H groups in total. The molecule has 0 aromatic heterocycles. The maximum atomic E-state index is 13.5. The van der Waals surface area contributed by atoms with Crippen molar-refractivity contribution in [1.82, 2.24) is 0 Å². The van der Waals surface area contributed by atoms with E-state index in [9.17, 15) is 18.4 Å². The molecule has 0 spiro atoms. The first-order valence-electron chi connectivity index (χ1n) is 8.09. The summed E-state index contributed by atoms with van der Waals surface area (Å²) in [5, 5.41) is 2.08. The highest BCUT2D eigenvalue weighted by molar-refractivity contribution is 5.95. The normalized spacial score (nSPS) is 11.5. The number of benzene rings is 2. The van der Waals surface area contributed by atoms with Gasteiger partial charge in [-0.2, -0.15) is 0 Å². The molecule has 1 amide bonds. The molecule has 7 heteroatoms. The van der Waals surface area contributed by atoms with Crippen molar-refractivity contribution >= 4 is 17.6 Å². The third-order valence-corrected chi connectivity index (χ3v) is 3.43. The van der Waals surface area contributed by atoms with Crippen LogP contribution in [-0.2, 0) is 14.3 Å². The summed E-state index contributed by atoms with van der Waals surface area (Å²) >= 11 is 0. The molecular formula is C19H19F2NO4. The van der Waals surface area contributed by atoms with Crippen LogP contribution in [0.4, 0.5) is 14.5 Å². The van der Waals surface area contributed by atoms with Crippen molar-refractivity contribution in [3.05, 3.63) is 60.2 Å². The number of esters is 1. The average molecular weight is 363 g/mol. The first-order chi connectivity index (χ1) is 12.5. The number of para-hydroxylation sites is 2. The molecule has 0 bridgehead atoms. The molecule has 0 saturated heterocycles. The smallest absolute Gasteiger partial charge is 0.306 e. The van der Waals surface area contributed by atoms with Gasteiger partial charge in [-0.25, -0.2) is 8.78 Å². The van der Waals surface area contributed by atoms with Gasteiger partial charge in [-0.15, -0.1) is 0 Å². The van der Waals surface area contributed by atoms with Crippen LogP contribution in [0.5, 0.6) is 5.75 Å². The van der Waals surface area contributed by atoms with E-state index in [1.54, 1.807) is 12.1 Å². The molecule has 0 aliphatic carbocycles. The lowest BCUT2D eigenvalue weighted by molar-refractivity contribution is -0.153. The van der Waals surface area contributed by atoms with Gasteiger partial charge in [-0.3, -0.25) is 9.59 Å². The van der Waals surface area contributed by atoms with Crippen LogP contribution in [-0.4, -0.2) is 24.6 Å². The molecule has 2 rings (SSSR count). The monoisotopic (exact) mass is 363 g/mol. The lowest BCUT2D eigenvalue weighted by atomic mass is 10.2. The number of nitrogens with one attached hydrogen (secondary N) is 1. The highest BCUT2D eigenvalue weighted by Crippen LogP contribution is 2.18. The topological polar surface area (TPSA) is 64.6 Å². The highest BCUT2D eigenvalue weighted by Gasteiger charge is 2.20. The van der Waals surface area contributed by atoms with Gasteiger partial charge in [0.25, 0.3) is 5.91 Å². The summed E-state index contributed by atoms with van der Waals surface area (Å²) in [5.74, 6) is -2.54.